The Labute approximate surface area is 142 Å². The average molecular weight is 326 g/mol. The van der Waals surface area contributed by atoms with E-state index in [1.807, 2.05) is 39.0 Å². The summed E-state index contributed by atoms with van der Waals surface area (Å²) in [6.45, 7) is 5.77. The van der Waals surface area contributed by atoms with Crippen LogP contribution < -0.4 is 14.8 Å². The van der Waals surface area contributed by atoms with Crippen LogP contribution in [-0.4, -0.2) is 25.1 Å². The van der Waals surface area contributed by atoms with Crippen molar-refractivity contribution in [1.82, 2.24) is 4.98 Å². The number of hydrogen-bond donors (Lipinski definition) is 1. The smallest absolute Gasteiger partial charge is 0.248 e. The number of carbonyl (C=O) groups is 1. The number of aromatic nitrogens is 1. The molecular formula is C19H22N2O3. The van der Waals surface area contributed by atoms with Crippen molar-refractivity contribution in [2.24, 2.45) is 0 Å². The molecule has 0 unspecified atom stereocenters. The first-order valence-corrected chi connectivity index (χ1v) is 7.60. The number of nitrogens with zero attached hydrogens (tertiary/aromatic N) is 1. The molecule has 1 N–H and O–H groups in total. The van der Waals surface area contributed by atoms with Gasteiger partial charge in [0.1, 0.15) is 11.5 Å². The SMILES string of the molecule is COc1cc(/C=C/C(=O)Nc2c(C)cc(C)nc2C)cc(OC)c1. The van der Waals surface area contributed by atoms with Crippen molar-refractivity contribution in [2.75, 3.05) is 19.5 Å². The van der Waals surface area contributed by atoms with Crippen LogP contribution in [0.5, 0.6) is 11.5 Å². The van der Waals surface area contributed by atoms with Crippen molar-refractivity contribution in [2.45, 2.75) is 20.8 Å². The van der Waals surface area contributed by atoms with Crippen molar-refractivity contribution >= 4 is 17.7 Å². The van der Waals surface area contributed by atoms with Gasteiger partial charge in [0, 0.05) is 17.8 Å². The Balaban J connectivity index is 2.17. The Bertz CT molecular complexity index is 737. The highest BCUT2D eigenvalue weighted by Crippen LogP contribution is 2.23. The lowest BCUT2D eigenvalue weighted by Gasteiger charge is -2.10. The van der Waals surface area contributed by atoms with Crippen LogP contribution in [0.15, 0.2) is 30.3 Å². The predicted molar refractivity (Wildman–Crippen MR) is 95.7 cm³/mol. The van der Waals surface area contributed by atoms with E-state index in [9.17, 15) is 4.79 Å². The molecule has 0 aliphatic carbocycles. The van der Waals surface area contributed by atoms with Crippen molar-refractivity contribution in [1.29, 1.82) is 0 Å². The second-order valence-corrected chi connectivity index (χ2v) is 5.51. The van der Waals surface area contributed by atoms with Crippen LogP contribution in [0, 0.1) is 20.8 Å². The molecule has 0 fully saturated rings. The van der Waals surface area contributed by atoms with Gasteiger partial charge in [-0.15, -0.1) is 0 Å². The molecule has 0 bridgehead atoms. The van der Waals surface area contributed by atoms with Crippen LogP contribution in [0.3, 0.4) is 0 Å². The third kappa shape index (κ3) is 4.35. The molecule has 1 heterocycles. The Morgan fingerprint density at radius 3 is 2.21 bits per heavy atom. The minimum absolute atomic E-state index is 0.214. The Morgan fingerprint density at radius 1 is 1.04 bits per heavy atom. The zero-order valence-corrected chi connectivity index (χ0v) is 14.6. The summed E-state index contributed by atoms with van der Waals surface area (Å²) in [7, 11) is 3.18. The number of nitrogens with one attached hydrogen (secondary N) is 1. The van der Waals surface area contributed by atoms with E-state index in [0.29, 0.717) is 11.5 Å². The Morgan fingerprint density at radius 2 is 1.67 bits per heavy atom. The Kier molecular flexibility index (Phi) is 5.58. The second kappa shape index (κ2) is 7.64. The number of aryl methyl sites for hydroxylation is 3. The number of amides is 1. The molecular weight excluding hydrogens is 304 g/mol. The first-order valence-electron chi connectivity index (χ1n) is 7.60. The zero-order valence-electron chi connectivity index (χ0n) is 14.6. The molecule has 0 atom stereocenters. The molecule has 1 amide bonds. The first-order chi connectivity index (χ1) is 11.4. The van der Waals surface area contributed by atoms with E-state index in [4.69, 9.17) is 9.47 Å². The minimum Gasteiger partial charge on any atom is -0.497 e. The number of methoxy groups -OCH3 is 2. The summed E-state index contributed by atoms with van der Waals surface area (Å²) >= 11 is 0. The maximum absolute atomic E-state index is 12.2. The highest BCUT2D eigenvalue weighted by molar-refractivity contribution is 6.02. The fourth-order valence-corrected chi connectivity index (χ4v) is 2.48. The standard InChI is InChI=1S/C19H22N2O3/c1-12-8-13(2)20-14(3)19(12)21-18(22)7-6-15-9-16(23-4)11-17(10-15)24-5/h6-11H,1-5H3,(H,21,22)/b7-6+. The van der Waals surface area contributed by atoms with Crippen molar-refractivity contribution in [3.05, 3.63) is 52.9 Å². The molecule has 0 saturated heterocycles. The number of hydrogen-bond acceptors (Lipinski definition) is 4. The number of carbonyl (C=O) groups excluding carboxylic acids is 1. The van der Waals surface area contributed by atoms with Gasteiger partial charge in [-0.2, -0.15) is 0 Å². The van der Waals surface area contributed by atoms with Gasteiger partial charge < -0.3 is 14.8 Å². The van der Waals surface area contributed by atoms with E-state index in [2.05, 4.69) is 10.3 Å². The van der Waals surface area contributed by atoms with Gasteiger partial charge in [-0.1, -0.05) is 0 Å². The molecule has 0 radical (unpaired) electrons. The summed E-state index contributed by atoms with van der Waals surface area (Å²) in [5, 5.41) is 2.88. The van der Waals surface area contributed by atoms with Gasteiger partial charge in [0.05, 0.1) is 25.6 Å². The maximum atomic E-state index is 12.2. The minimum atomic E-state index is -0.214. The molecule has 5 nitrogen and oxygen atoms in total. The molecule has 2 rings (SSSR count). The van der Waals surface area contributed by atoms with Crippen molar-refractivity contribution < 1.29 is 14.3 Å². The number of anilines is 1. The first kappa shape index (κ1) is 17.5. The lowest BCUT2D eigenvalue weighted by atomic mass is 10.1. The van der Waals surface area contributed by atoms with Crippen LogP contribution in [0.25, 0.3) is 6.08 Å². The maximum Gasteiger partial charge on any atom is 0.248 e. The summed E-state index contributed by atoms with van der Waals surface area (Å²) in [5.74, 6) is 1.13. The third-order valence-corrected chi connectivity index (χ3v) is 3.57. The highest BCUT2D eigenvalue weighted by atomic mass is 16.5. The van der Waals surface area contributed by atoms with E-state index in [-0.39, 0.29) is 5.91 Å². The normalized spacial score (nSPS) is 10.7. The largest absolute Gasteiger partial charge is 0.497 e. The topological polar surface area (TPSA) is 60.5 Å². The molecule has 0 aliphatic rings. The second-order valence-electron chi connectivity index (χ2n) is 5.51. The average Bonchev–Trinajstić information content (AvgIpc) is 2.55. The zero-order chi connectivity index (χ0) is 17.7. The van der Waals surface area contributed by atoms with E-state index in [1.165, 1.54) is 6.08 Å². The molecule has 0 spiro atoms. The molecule has 2 aromatic rings. The highest BCUT2D eigenvalue weighted by Gasteiger charge is 2.07. The summed E-state index contributed by atoms with van der Waals surface area (Å²) in [5.41, 5.74) is 4.29. The summed E-state index contributed by atoms with van der Waals surface area (Å²) in [6.07, 6.45) is 3.19. The molecule has 0 saturated carbocycles. The molecule has 0 aliphatic heterocycles. The van der Waals surface area contributed by atoms with Crippen LogP contribution in [-0.2, 0) is 4.79 Å². The third-order valence-electron chi connectivity index (χ3n) is 3.57. The number of rotatable bonds is 5. The predicted octanol–water partition coefficient (Wildman–Crippen LogP) is 3.68. The van der Waals surface area contributed by atoms with Crippen LogP contribution in [0.1, 0.15) is 22.5 Å². The molecule has 1 aromatic heterocycles. The van der Waals surface area contributed by atoms with Gasteiger partial charge in [-0.25, -0.2) is 0 Å². The van der Waals surface area contributed by atoms with Gasteiger partial charge in [0.15, 0.2) is 0 Å². The van der Waals surface area contributed by atoms with Crippen LogP contribution >= 0.6 is 0 Å². The van der Waals surface area contributed by atoms with Gasteiger partial charge in [-0.05, 0) is 56.2 Å². The monoisotopic (exact) mass is 326 g/mol. The van der Waals surface area contributed by atoms with Gasteiger partial charge in [0.2, 0.25) is 5.91 Å². The van der Waals surface area contributed by atoms with Gasteiger partial charge >= 0.3 is 0 Å². The molecule has 126 valence electrons. The number of pyridine rings is 1. The van der Waals surface area contributed by atoms with Crippen molar-refractivity contribution in [3.8, 4) is 11.5 Å². The van der Waals surface area contributed by atoms with E-state index in [0.717, 1.165) is 28.2 Å². The van der Waals surface area contributed by atoms with Gasteiger partial charge in [0.25, 0.3) is 0 Å². The lowest BCUT2D eigenvalue weighted by molar-refractivity contribution is -0.111. The molecule has 5 heteroatoms. The van der Waals surface area contributed by atoms with E-state index in [1.54, 1.807) is 26.4 Å². The molecule has 24 heavy (non-hydrogen) atoms. The van der Waals surface area contributed by atoms with Gasteiger partial charge in [-0.3, -0.25) is 9.78 Å². The van der Waals surface area contributed by atoms with E-state index < -0.39 is 0 Å². The van der Waals surface area contributed by atoms with Crippen molar-refractivity contribution in [3.63, 3.8) is 0 Å². The summed E-state index contributed by atoms with van der Waals surface area (Å²) in [4.78, 5) is 16.6. The lowest BCUT2D eigenvalue weighted by Crippen LogP contribution is -2.11. The van der Waals surface area contributed by atoms with E-state index >= 15 is 0 Å². The summed E-state index contributed by atoms with van der Waals surface area (Å²) in [6, 6.07) is 7.38. The van der Waals surface area contributed by atoms with Crippen LogP contribution in [0.4, 0.5) is 5.69 Å². The van der Waals surface area contributed by atoms with Crippen LogP contribution in [0.2, 0.25) is 0 Å². The quantitative estimate of drug-likeness (QED) is 0.852. The number of ether oxygens (including phenoxy) is 2. The fourth-order valence-electron chi connectivity index (χ4n) is 2.48. The molecule has 1 aromatic carbocycles. The Hall–Kier alpha value is -2.82. The number of benzene rings is 1. The fraction of sp³-hybridized carbons (Fsp3) is 0.263. The summed E-state index contributed by atoms with van der Waals surface area (Å²) < 4.78 is 10.4.